The smallest absolute Gasteiger partial charge is 0.335 e. The molecule has 5 nitrogen and oxygen atoms in total. The van der Waals surface area contributed by atoms with E-state index in [4.69, 9.17) is 5.11 Å². The normalized spacial score (nSPS) is 11.5. The number of allylic oxidation sites excluding steroid dienone is 1. The summed E-state index contributed by atoms with van der Waals surface area (Å²) in [5.41, 5.74) is 4.60. The number of hydrogen-bond donors (Lipinski definition) is 1. The zero-order valence-electron chi connectivity index (χ0n) is 16.7. The molecule has 2 heterocycles. The predicted octanol–water partition coefficient (Wildman–Crippen LogP) is 5.29. The maximum absolute atomic E-state index is 13.3. The van der Waals surface area contributed by atoms with E-state index < -0.39 is 5.97 Å². The van der Waals surface area contributed by atoms with Gasteiger partial charge in [0.15, 0.2) is 0 Å². The van der Waals surface area contributed by atoms with Crippen molar-refractivity contribution >= 4 is 28.7 Å². The van der Waals surface area contributed by atoms with E-state index in [0.29, 0.717) is 17.7 Å². The van der Waals surface area contributed by atoms with Crippen LogP contribution in [0.1, 0.15) is 32.7 Å². The SMILES string of the molecule is Cc1ccc2c(/C=C(\C#N)c3ccc(C(=O)O)cc3)cn(Cc3ccc(F)cc3)c2n1. The van der Waals surface area contributed by atoms with Crippen LogP contribution in [0.15, 0.2) is 66.9 Å². The minimum atomic E-state index is -1.01. The van der Waals surface area contributed by atoms with Crippen molar-refractivity contribution in [3.05, 3.63) is 101 Å². The fraction of sp³-hybridized carbons (Fsp3) is 0.0800. The number of halogens is 1. The third-order valence-electron chi connectivity index (χ3n) is 5.02. The summed E-state index contributed by atoms with van der Waals surface area (Å²) in [6, 6.07) is 18.6. The quantitative estimate of drug-likeness (QED) is 0.452. The molecule has 0 saturated heterocycles. The number of aromatic carboxylic acids is 1. The number of fused-ring (bicyclic) bond motifs is 1. The van der Waals surface area contributed by atoms with E-state index in [1.807, 2.05) is 29.8 Å². The van der Waals surface area contributed by atoms with E-state index in [1.54, 1.807) is 30.3 Å². The van der Waals surface area contributed by atoms with Gasteiger partial charge in [-0.25, -0.2) is 14.2 Å². The summed E-state index contributed by atoms with van der Waals surface area (Å²) in [5, 5.41) is 19.7. The van der Waals surface area contributed by atoms with E-state index in [1.165, 1.54) is 24.3 Å². The molecule has 0 bridgehead atoms. The van der Waals surface area contributed by atoms with Gasteiger partial charge in [0, 0.05) is 29.4 Å². The summed E-state index contributed by atoms with van der Waals surface area (Å²) < 4.78 is 15.2. The van der Waals surface area contributed by atoms with Gasteiger partial charge in [-0.05, 0) is 60.5 Å². The van der Waals surface area contributed by atoms with Crippen molar-refractivity contribution in [3.63, 3.8) is 0 Å². The van der Waals surface area contributed by atoms with Gasteiger partial charge in [-0.3, -0.25) is 0 Å². The molecule has 0 aliphatic rings. The van der Waals surface area contributed by atoms with Crippen LogP contribution >= 0.6 is 0 Å². The van der Waals surface area contributed by atoms with E-state index >= 15 is 0 Å². The molecule has 4 aromatic rings. The first-order valence-electron chi connectivity index (χ1n) is 9.61. The lowest BCUT2D eigenvalue weighted by atomic mass is 10.0. The van der Waals surface area contributed by atoms with Gasteiger partial charge < -0.3 is 9.67 Å². The number of rotatable bonds is 5. The van der Waals surface area contributed by atoms with Gasteiger partial charge in [-0.1, -0.05) is 24.3 Å². The summed E-state index contributed by atoms with van der Waals surface area (Å²) in [7, 11) is 0. The van der Waals surface area contributed by atoms with Gasteiger partial charge in [0.2, 0.25) is 0 Å². The third kappa shape index (κ3) is 4.21. The predicted molar refractivity (Wildman–Crippen MR) is 117 cm³/mol. The Morgan fingerprint density at radius 2 is 1.77 bits per heavy atom. The maximum Gasteiger partial charge on any atom is 0.335 e. The van der Waals surface area contributed by atoms with Gasteiger partial charge in [-0.2, -0.15) is 5.26 Å². The van der Waals surface area contributed by atoms with Gasteiger partial charge >= 0.3 is 5.97 Å². The standard InChI is InChI=1S/C25H18FN3O2/c1-16-2-11-23-21(12-20(13-27)18-5-7-19(8-6-18)25(30)31)15-29(24(23)28-16)14-17-3-9-22(26)10-4-17/h2-12,15H,14H2,1H3,(H,30,31)/b20-12+. The van der Waals surface area contributed by atoms with E-state index in [0.717, 1.165) is 27.9 Å². The van der Waals surface area contributed by atoms with Gasteiger partial charge in [-0.15, -0.1) is 0 Å². The first-order valence-corrected chi connectivity index (χ1v) is 9.61. The molecular formula is C25H18FN3O2. The lowest BCUT2D eigenvalue weighted by Crippen LogP contribution is -1.99. The number of carboxylic acids is 1. The van der Waals surface area contributed by atoms with Crippen molar-refractivity contribution < 1.29 is 14.3 Å². The van der Waals surface area contributed by atoms with E-state index in [-0.39, 0.29) is 11.4 Å². The van der Waals surface area contributed by atoms with Crippen LogP contribution in [0, 0.1) is 24.1 Å². The number of hydrogen-bond acceptors (Lipinski definition) is 3. The van der Waals surface area contributed by atoms with Crippen molar-refractivity contribution in [2.45, 2.75) is 13.5 Å². The Morgan fingerprint density at radius 1 is 1.10 bits per heavy atom. The van der Waals surface area contributed by atoms with Crippen molar-refractivity contribution in [3.8, 4) is 6.07 Å². The molecule has 6 heteroatoms. The minimum Gasteiger partial charge on any atom is -0.478 e. The van der Waals surface area contributed by atoms with Crippen LogP contribution in [0.25, 0.3) is 22.7 Å². The molecule has 0 atom stereocenters. The summed E-state index contributed by atoms with van der Waals surface area (Å²) in [6.07, 6.45) is 3.69. The Balaban J connectivity index is 1.78. The van der Waals surface area contributed by atoms with Crippen molar-refractivity contribution in [2.24, 2.45) is 0 Å². The molecule has 0 aliphatic heterocycles. The van der Waals surface area contributed by atoms with Crippen LogP contribution in [0.5, 0.6) is 0 Å². The van der Waals surface area contributed by atoms with Crippen LogP contribution < -0.4 is 0 Å². The van der Waals surface area contributed by atoms with Gasteiger partial charge in [0.25, 0.3) is 0 Å². The number of nitriles is 1. The summed E-state index contributed by atoms with van der Waals surface area (Å²) >= 11 is 0. The maximum atomic E-state index is 13.3. The highest BCUT2D eigenvalue weighted by Gasteiger charge is 2.12. The average Bonchev–Trinajstić information content (AvgIpc) is 3.09. The molecule has 2 aromatic heterocycles. The topological polar surface area (TPSA) is 78.9 Å². The largest absolute Gasteiger partial charge is 0.478 e. The highest BCUT2D eigenvalue weighted by atomic mass is 19.1. The molecule has 31 heavy (non-hydrogen) atoms. The third-order valence-corrected chi connectivity index (χ3v) is 5.02. The Bertz CT molecular complexity index is 1340. The molecule has 4 rings (SSSR count). The fourth-order valence-corrected chi connectivity index (χ4v) is 3.44. The number of aromatic nitrogens is 2. The molecule has 0 radical (unpaired) electrons. The van der Waals surface area contributed by atoms with Crippen LogP contribution in [0.2, 0.25) is 0 Å². The second-order valence-corrected chi connectivity index (χ2v) is 7.21. The zero-order chi connectivity index (χ0) is 22.0. The molecule has 0 saturated carbocycles. The molecule has 0 aliphatic carbocycles. The Kier molecular flexibility index (Phi) is 5.33. The Morgan fingerprint density at radius 3 is 2.42 bits per heavy atom. The molecule has 0 spiro atoms. The van der Waals surface area contributed by atoms with E-state index in [9.17, 15) is 14.4 Å². The van der Waals surface area contributed by atoms with Crippen LogP contribution in [0.4, 0.5) is 4.39 Å². The monoisotopic (exact) mass is 411 g/mol. The van der Waals surface area contributed by atoms with Crippen LogP contribution in [-0.4, -0.2) is 20.6 Å². The van der Waals surface area contributed by atoms with Crippen molar-refractivity contribution in [1.82, 2.24) is 9.55 Å². The average molecular weight is 411 g/mol. The number of nitrogens with zero attached hydrogens (tertiary/aromatic N) is 3. The summed E-state index contributed by atoms with van der Waals surface area (Å²) in [5.74, 6) is -1.30. The molecule has 0 amide bonds. The van der Waals surface area contributed by atoms with Crippen LogP contribution in [0.3, 0.4) is 0 Å². The Labute approximate surface area is 178 Å². The minimum absolute atomic E-state index is 0.164. The first-order chi connectivity index (χ1) is 14.9. The lowest BCUT2D eigenvalue weighted by Gasteiger charge is -2.05. The van der Waals surface area contributed by atoms with Crippen molar-refractivity contribution in [1.29, 1.82) is 5.26 Å². The number of carboxylic acid groups (broad SMARTS) is 1. The van der Waals surface area contributed by atoms with Crippen LogP contribution in [-0.2, 0) is 6.54 Å². The zero-order valence-corrected chi connectivity index (χ0v) is 16.7. The highest BCUT2D eigenvalue weighted by Crippen LogP contribution is 2.26. The van der Waals surface area contributed by atoms with Gasteiger partial charge in [0.1, 0.15) is 11.5 Å². The molecule has 0 unspecified atom stereocenters. The van der Waals surface area contributed by atoms with E-state index in [2.05, 4.69) is 11.1 Å². The Hall–Kier alpha value is -4.24. The molecule has 152 valence electrons. The second-order valence-electron chi connectivity index (χ2n) is 7.21. The lowest BCUT2D eigenvalue weighted by molar-refractivity contribution is 0.0697. The summed E-state index contributed by atoms with van der Waals surface area (Å²) in [4.78, 5) is 15.7. The number of benzene rings is 2. The van der Waals surface area contributed by atoms with Crippen molar-refractivity contribution in [2.75, 3.05) is 0 Å². The molecule has 1 N–H and O–H groups in total. The molecule has 2 aromatic carbocycles. The highest BCUT2D eigenvalue weighted by molar-refractivity contribution is 5.97. The molecular weight excluding hydrogens is 393 g/mol. The number of aryl methyl sites for hydroxylation is 1. The summed E-state index contributed by atoms with van der Waals surface area (Å²) in [6.45, 7) is 2.42. The van der Waals surface area contributed by atoms with Gasteiger partial charge in [0.05, 0.1) is 17.2 Å². The molecule has 0 fully saturated rings. The fourth-order valence-electron chi connectivity index (χ4n) is 3.44. The second kappa shape index (κ2) is 8.25. The number of pyridine rings is 1. The first kappa shape index (κ1) is 20.0. The number of carbonyl (C=O) groups is 1.